The van der Waals surface area contributed by atoms with Gasteiger partial charge in [-0.15, -0.1) is 0 Å². The second-order valence-corrected chi connectivity index (χ2v) is 16.1. The summed E-state index contributed by atoms with van der Waals surface area (Å²) in [6.07, 6.45) is -0.168. The summed E-state index contributed by atoms with van der Waals surface area (Å²) < 4.78 is 50.4. The van der Waals surface area contributed by atoms with Crippen LogP contribution in [0.3, 0.4) is 0 Å². The number of piperidine rings is 1. The Morgan fingerprint density at radius 1 is 1.08 bits per heavy atom. The Kier molecular flexibility index (Phi) is 12.2. The minimum absolute atomic E-state index is 0.0348. The highest BCUT2D eigenvalue weighted by molar-refractivity contribution is 6.34. The van der Waals surface area contributed by atoms with Crippen LogP contribution < -0.4 is 21.5 Å². The van der Waals surface area contributed by atoms with E-state index in [-0.39, 0.29) is 89.7 Å². The van der Waals surface area contributed by atoms with Crippen LogP contribution in [0.1, 0.15) is 39.5 Å². The Hall–Kier alpha value is -5.57. The lowest BCUT2D eigenvalue weighted by atomic mass is 9.90. The predicted octanol–water partition coefficient (Wildman–Crippen LogP) is 1.67. The molecule has 3 fully saturated rings. The molecule has 3 aromatic heterocycles. The minimum Gasteiger partial charge on any atom is -0.544 e. The number of methoxy groups -OCH3 is 1. The van der Waals surface area contributed by atoms with E-state index in [1.54, 1.807) is 9.80 Å². The molecule has 17 nitrogen and oxygen atoms in total. The number of carbonyl (C=O) groups is 4. The van der Waals surface area contributed by atoms with E-state index in [0.717, 1.165) is 36.7 Å². The Bertz CT molecular complexity index is 2250. The van der Waals surface area contributed by atoms with Crippen molar-refractivity contribution < 1.29 is 46.7 Å². The van der Waals surface area contributed by atoms with E-state index in [2.05, 4.69) is 25.7 Å². The number of aromatic nitrogens is 5. The van der Waals surface area contributed by atoms with Crippen LogP contribution in [0.15, 0.2) is 48.9 Å². The van der Waals surface area contributed by atoms with Crippen molar-refractivity contribution in [3.8, 4) is 17.1 Å². The predicted molar refractivity (Wildman–Crippen MR) is 209 cm³/mol. The van der Waals surface area contributed by atoms with Gasteiger partial charge < -0.3 is 49.9 Å². The summed E-state index contributed by atoms with van der Waals surface area (Å²) in [6, 6.07) is 6.79. The average molecular weight is 856 g/mol. The van der Waals surface area contributed by atoms with Gasteiger partial charge in [0.1, 0.15) is 6.54 Å². The van der Waals surface area contributed by atoms with Gasteiger partial charge in [0.25, 0.3) is 11.8 Å². The number of nitrogens with one attached hydrogen (secondary N) is 2. The molecule has 0 spiro atoms. The van der Waals surface area contributed by atoms with Gasteiger partial charge in [-0.25, -0.2) is 14.6 Å². The van der Waals surface area contributed by atoms with Gasteiger partial charge in [-0.2, -0.15) is 18.3 Å². The van der Waals surface area contributed by atoms with E-state index in [4.69, 9.17) is 22.1 Å². The molecule has 3 saturated heterocycles. The highest BCUT2D eigenvalue weighted by atomic mass is 35.5. The van der Waals surface area contributed by atoms with Crippen LogP contribution in [0.25, 0.3) is 17.1 Å². The molecular weight excluding hydrogens is 811 g/mol. The van der Waals surface area contributed by atoms with Crippen LogP contribution in [0.2, 0.25) is 5.02 Å². The van der Waals surface area contributed by atoms with Crippen molar-refractivity contribution in [2.24, 2.45) is 18.9 Å². The van der Waals surface area contributed by atoms with Crippen LogP contribution >= 0.6 is 11.6 Å². The third kappa shape index (κ3) is 8.96. The second-order valence-electron chi connectivity index (χ2n) is 15.7. The number of hydrogen-bond donors (Lipinski definition) is 3. The van der Waals surface area contributed by atoms with E-state index >= 15 is 0 Å². The van der Waals surface area contributed by atoms with Crippen molar-refractivity contribution in [3.63, 3.8) is 0 Å². The van der Waals surface area contributed by atoms with Gasteiger partial charge in [-0.05, 0) is 30.3 Å². The fourth-order valence-electron chi connectivity index (χ4n) is 8.38. The quantitative estimate of drug-likeness (QED) is 0.175. The zero-order valence-corrected chi connectivity index (χ0v) is 33.7. The fourth-order valence-corrected chi connectivity index (χ4v) is 8.64. The molecule has 1 atom stereocenters. The Labute approximate surface area is 347 Å². The molecule has 1 unspecified atom stereocenters. The van der Waals surface area contributed by atoms with Crippen LogP contribution in [0, 0.1) is 11.8 Å². The number of hydrogen-bond acceptors (Lipinski definition) is 11. The molecular formula is C39H45ClF3N11O6. The maximum Gasteiger partial charge on any atom is 0.435 e. The Morgan fingerprint density at radius 3 is 2.45 bits per heavy atom. The number of carboxylic acids is 1. The first kappa shape index (κ1) is 42.6. The molecule has 21 heteroatoms. The van der Waals surface area contributed by atoms with Crippen LogP contribution in [0.5, 0.6) is 0 Å². The molecule has 320 valence electrons. The molecule has 0 saturated carbocycles. The summed E-state index contributed by atoms with van der Waals surface area (Å²) in [4.78, 5) is 64.2. The first-order chi connectivity index (χ1) is 28.6. The van der Waals surface area contributed by atoms with E-state index in [9.17, 15) is 37.5 Å². The number of rotatable bonds is 12. The summed E-state index contributed by atoms with van der Waals surface area (Å²) in [6.45, 7) is 4.41. The van der Waals surface area contributed by atoms with E-state index < -0.39 is 29.8 Å². The standard InChI is InChI=1S/C39H45ClF3N11O6/c1-50-31(29-19-53(49-34(29)39(41,42)43)32-6-3-25(44)16-46-32)17-47-35(50)36(57)48-26-4-5-28(30(40)13-26)38(59)51-9-10-52(27(18-51)22-60-2)37(58)24-7-11-54(12-8-24,21-33(55)56)20-23-14-45-15-23/h3-6,13,16-17,19,23-24,27,45H,7-12,14-15,18,20-22,44H2,1-2H3,(H-,48,55,56,57,59). The minimum atomic E-state index is -4.84. The lowest BCUT2D eigenvalue weighted by Gasteiger charge is -2.48. The monoisotopic (exact) mass is 855 g/mol. The number of carboxylic acid groups (broad SMARTS) is 1. The van der Waals surface area contributed by atoms with Gasteiger partial charge in [-0.1, -0.05) is 11.6 Å². The normalized spacial score (nSPS) is 21.1. The maximum absolute atomic E-state index is 14.1. The zero-order valence-electron chi connectivity index (χ0n) is 33.0. The summed E-state index contributed by atoms with van der Waals surface area (Å²) in [7, 11) is 2.92. The number of alkyl halides is 3. The molecule has 0 radical (unpaired) electrons. The van der Waals surface area contributed by atoms with Gasteiger partial charge in [0.05, 0.1) is 78.2 Å². The highest BCUT2D eigenvalue weighted by Gasteiger charge is 2.43. The number of carbonyl (C=O) groups excluding carboxylic acids is 4. The van der Waals surface area contributed by atoms with Crippen molar-refractivity contribution in [1.29, 1.82) is 0 Å². The lowest BCUT2D eigenvalue weighted by molar-refractivity contribution is -0.931. The number of ether oxygens (including phenoxy) is 1. The molecule has 3 aliphatic heterocycles. The number of piperazine rings is 1. The molecule has 0 aliphatic carbocycles. The van der Waals surface area contributed by atoms with Gasteiger partial charge in [-0.3, -0.25) is 14.4 Å². The molecule has 0 bridgehead atoms. The fraction of sp³-hybridized carbons (Fsp3) is 0.462. The van der Waals surface area contributed by atoms with Gasteiger partial charge in [0.2, 0.25) is 5.91 Å². The zero-order chi connectivity index (χ0) is 42.9. The molecule has 7 rings (SSSR count). The maximum atomic E-state index is 14.1. The number of quaternary nitrogens is 1. The first-order valence-electron chi connectivity index (χ1n) is 19.4. The average Bonchev–Trinajstić information content (AvgIpc) is 3.81. The third-order valence-electron chi connectivity index (χ3n) is 11.6. The molecule has 4 N–H and O–H groups in total. The number of pyridine rings is 1. The number of nitrogen functional groups attached to an aromatic ring is 1. The molecule has 1 aromatic carbocycles. The third-order valence-corrected chi connectivity index (χ3v) is 11.9. The van der Waals surface area contributed by atoms with E-state index in [0.29, 0.717) is 42.0 Å². The van der Waals surface area contributed by atoms with Gasteiger partial charge >= 0.3 is 6.18 Å². The molecule has 6 heterocycles. The lowest BCUT2D eigenvalue weighted by Crippen LogP contribution is -2.64. The van der Waals surface area contributed by atoms with Crippen LogP contribution in [-0.2, 0) is 27.5 Å². The van der Waals surface area contributed by atoms with Crippen molar-refractivity contribution in [3.05, 3.63) is 71.0 Å². The van der Waals surface area contributed by atoms with Crippen LogP contribution in [0.4, 0.5) is 24.5 Å². The SMILES string of the molecule is COCC1CN(C(=O)c2ccc(NC(=O)c3ncc(-c4cn(-c5ccc(N)cn5)nc4C(F)(F)F)n3C)cc2Cl)CCN1C(=O)C1CC[N+](CC(=O)[O-])(CC2CNC2)CC1. The summed E-state index contributed by atoms with van der Waals surface area (Å²) in [5.41, 5.74) is 4.78. The number of anilines is 2. The number of imidazole rings is 1. The van der Waals surface area contributed by atoms with Crippen molar-refractivity contribution >= 4 is 46.7 Å². The summed E-state index contributed by atoms with van der Waals surface area (Å²) in [5.74, 6) is -2.24. The number of amides is 3. The second kappa shape index (κ2) is 17.2. The van der Waals surface area contributed by atoms with E-state index in [1.807, 2.05) is 0 Å². The number of likely N-dealkylation sites (tertiary alicyclic amines) is 1. The summed E-state index contributed by atoms with van der Waals surface area (Å²) >= 11 is 6.60. The van der Waals surface area contributed by atoms with Gasteiger partial charge in [0.15, 0.2) is 17.3 Å². The molecule has 60 heavy (non-hydrogen) atoms. The number of benzene rings is 1. The highest BCUT2D eigenvalue weighted by Crippen LogP contribution is 2.37. The van der Waals surface area contributed by atoms with Crippen LogP contribution in [-0.4, -0.2) is 141 Å². The smallest absolute Gasteiger partial charge is 0.435 e. The topological polar surface area (TPSA) is 206 Å². The number of aliphatic carboxylic acids is 1. The molecule has 4 aromatic rings. The molecule has 3 amide bonds. The van der Waals surface area contributed by atoms with Crippen molar-refractivity contribution in [1.82, 2.24) is 39.4 Å². The van der Waals surface area contributed by atoms with Crippen molar-refractivity contribution in [2.45, 2.75) is 25.1 Å². The first-order valence-corrected chi connectivity index (χ1v) is 19.8. The van der Waals surface area contributed by atoms with E-state index in [1.165, 1.54) is 55.3 Å². The number of halogens is 4. The Morgan fingerprint density at radius 2 is 1.83 bits per heavy atom. The largest absolute Gasteiger partial charge is 0.544 e. The number of nitrogens with zero attached hydrogens (tertiary/aromatic N) is 8. The summed E-state index contributed by atoms with van der Waals surface area (Å²) in [5, 5.41) is 21.3. The van der Waals surface area contributed by atoms with Gasteiger partial charge in [0, 0.05) is 83.4 Å². The number of nitrogens with two attached hydrogens (primary N) is 1. The van der Waals surface area contributed by atoms with Crippen molar-refractivity contribution in [2.75, 3.05) is 83.7 Å². The Balaban J connectivity index is 0.994. The molecule has 3 aliphatic rings.